The van der Waals surface area contributed by atoms with Crippen molar-refractivity contribution in [3.8, 4) is 11.5 Å². The molecule has 2 aromatic heterocycles. The normalized spacial score (nSPS) is 18.5. The smallest absolute Gasteiger partial charge is 0.266 e. The first-order valence-electron chi connectivity index (χ1n) is 7.43. The molecule has 3 aromatic rings. The van der Waals surface area contributed by atoms with Gasteiger partial charge in [0, 0.05) is 36.1 Å². The lowest BCUT2D eigenvalue weighted by Gasteiger charge is -2.30. The Kier molecular flexibility index (Phi) is 3.60. The Hall–Kier alpha value is -2.21. The minimum Gasteiger partial charge on any atom is -0.337 e. The second-order valence-corrected chi connectivity index (χ2v) is 6.35. The molecule has 4 rings (SSSR count). The van der Waals surface area contributed by atoms with Crippen molar-refractivity contribution in [2.24, 2.45) is 0 Å². The van der Waals surface area contributed by atoms with Crippen LogP contribution in [0.1, 0.15) is 23.8 Å². The van der Waals surface area contributed by atoms with Crippen molar-refractivity contribution < 1.29 is 4.52 Å². The minimum atomic E-state index is 0.465. The Morgan fingerprint density at radius 2 is 2.14 bits per heavy atom. The fourth-order valence-corrected chi connectivity index (χ4v) is 3.61. The van der Waals surface area contributed by atoms with Crippen molar-refractivity contribution >= 4 is 17.3 Å². The van der Waals surface area contributed by atoms with E-state index in [4.69, 9.17) is 4.52 Å². The van der Waals surface area contributed by atoms with Crippen LogP contribution in [0.4, 0.5) is 5.95 Å². The quantitative estimate of drug-likeness (QED) is 0.740. The largest absolute Gasteiger partial charge is 0.337 e. The average molecular weight is 312 g/mol. The van der Waals surface area contributed by atoms with Gasteiger partial charge in [0.2, 0.25) is 0 Å². The Morgan fingerprint density at radius 3 is 2.95 bits per heavy atom. The SMILES string of the molecule is c1ccc(-c2nc(N3CCCC(c4nccs4)C3)no2)cc1. The average Bonchev–Trinajstić information content (AvgIpc) is 3.28. The van der Waals surface area contributed by atoms with Crippen LogP contribution in [0.2, 0.25) is 0 Å². The summed E-state index contributed by atoms with van der Waals surface area (Å²) in [6, 6.07) is 9.87. The lowest BCUT2D eigenvalue weighted by atomic mass is 9.99. The summed E-state index contributed by atoms with van der Waals surface area (Å²) in [7, 11) is 0. The number of anilines is 1. The molecule has 1 unspecified atom stereocenters. The lowest BCUT2D eigenvalue weighted by Crippen LogP contribution is -2.35. The lowest BCUT2D eigenvalue weighted by molar-refractivity contribution is 0.423. The van der Waals surface area contributed by atoms with Gasteiger partial charge in [0.25, 0.3) is 11.8 Å². The van der Waals surface area contributed by atoms with E-state index in [9.17, 15) is 0 Å². The maximum Gasteiger partial charge on any atom is 0.266 e. The van der Waals surface area contributed by atoms with E-state index in [0.29, 0.717) is 17.8 Å². The molecule has 1 saturated heterocycles. The number of hydrogen-bond acceptors (Lipinski definition) is 6. The fourth-order valence-electron chi connectivity index (χ4n) is 2.84. The van der Waals surface area contributed by atoms with Crippen LogP contribution < -0.4 is 4.90 Å². The van der Waals surface area contributed by atoms with E-state index in [0.717, 1.165) is 25.1 Å². The Balaban J connectivity index is 1.53. The molecule has 1 aliphatic rings. The molecule has 0 radical (unpaired) electrons. The zero-order valence-electron chi connectivity index (χ0n) is 12.1. The van der Waals surface area contributed by atoms with Gasteiger partial charge in [-0.15, -0.1) is 11.3 Å². The van der Waals surface area contributed by atoms with Crippen molar-refractivity contribution in [1.29, 1.82) is 0 Å². The minimum absolute atomic E-state index is 0.465. The first-order valence-corrected chi connectivity index (χ1v) is 8.31. The highest BCUT2D eigenvalue weighted by molar-refractivity contribution is 7.09. The van der Waals surface area contributed by atoms with Gasteiger partial charge in [-0.2, -0.15) is 4.98 Å². The Bertz CT molecular complexity index is 726. The summed E-state index contributed by atoms with van der Waals surface area (Å²) in [6.45, 7) is 1.87. The van der Waals surface area contributed by atoms with Crippen molar-refractivity contribution in [2.75, 3.05) is 18.0 Å². The summed E-state index contributed by atoms with van der Waals surface area (Å²) in [5.41, 5.74) is 0.953. The monoisotopic (exact) mass is 312 g/mol. The van der Waals surface area contributed by atoms with Gasteiger partial charge in [-0.1, -0.05) is 18.2 Å². The molecule has 0 spiro atoms. The number of nitrogens with zero attached hydrogens (tertiary/aromatic N) is 4. The highest BCUT2D eigenvalue weighted by atomic mass is 32.1. The maximum absolute atomic E-state index is 5.41. The fraction of sp³-hybridized carbons (Fsp3) is 0.312. The van der Waals surface area contributed by atoms with Crippen LogP contribution in [0.25, 0.3) is 11.5 Å². The van der Waals surface area contributed by atoms with Crippen LogP contribution in [-0.2, 0) is 0 Å². The van der Waals surface area contributed by atoms with E-state index in [1.807, 2.05) is 41.9 Å². The highest BCUT2D eigenvalue weighted by Crippen LogP contribution is 2.30. The first kappa shape index (κ1) is 13.5. The van der Waals surface area contributed by atoms with Crippen molar-refractivity contribution in [3.63, 3.8) is 0 Å². The van der Waals surface area contributed by atoms with Crippen molar-refractivity contribution in [3.05, 3.63) is 46.9 Å². The molecule has 1 aromatic carbocycles. The predicted octanol–water partition coefficient (Wildman–Crippen LogP) is 3.58. The molecule has 6 heteroatoms. The molecule has 0 bridgehead atoms. The van der Waals surface area contributed by atoms with Gasteiger partial charge in [-0.05, 0) is 30.1 Å². The van der Waals surface area contributed by atoms with Gasteiger partial charge in [-0.3, -0.25) is 0 Å². The van der Waals surface area contributed by atoms with Crippen LogP contribution in [-0.4, -0.2) is 28.2 Å². The molecule has 22 heavy (non-hydrogen) atoms. The molecule has 0 N–H and O–H groups in total. The molecule has 0 aliphatic carbocycles. The van der Waals surface area contributed by atoms with Crippen molar-refractivity contribution in [2.45, 2.75) is 18.8 Å². The predicted molar refractivity (Wildman–Crippen MR) is 86.0 cm³/mol. The molecule has 0 saturated carbocycles. The van der Waals surface area contributed by atoms with Crippen LogP contribution in [0, 0.1) is 0 Å². The number of benzene rings is 1. The van der Waals surface area contributed by atoms with E-state index in [-0.39, 0.29) is 0 Å². The van der Waals surface area contributed by atoms with Gasteiger partial charge in [0.05, 0.1) is 5.01 Å². The third-order valence-electron chi connectivity index (χ3n) is 3.94. The second kappa shape index (κ2) is 5.88. The van der Waals surface area contributed by atoms with Crippen LogP contribution in [0.5, 0.6) is 0 Å². The van der Waals surface area contributed by atoms with Crippen LogP contribution >= 0.6 is 11.3 Å². The van der Waals surface area contributed by atoms with E-state index in [1.54, 1.807) is 11.3 Å². The van der Waals surface area contributed by atoms with Gasteiger partial charge in [0.1, 0.15) is 0 Å². The zero-order valence-corrected chi connectivity index (χ0v) is 12.9. The molecule has 1 aliphatic heterocycles. The van der Waals surface area contributed by atoms with Crippen LogP contribution in [0.15, 0.2) is 46.4 Å². The second-order valence-electron chi connectivity index (χ2n) is 5.42. The van der Waals surface area contributed by atoms with E-state index in [2.05, 4.69) is 20.0 Å². The van der Waals surface area contributed by atoms with Gasteiger partial charge >= 0.3 is 0 Å². The van der Waals surface area contributed by atoms with E-state index >= 15 is 0 Å². The van der Waals surface area contributed by atoms with Gasteiger partial charge in [0.15, 0.2) is 0 Å². The molecule has 1 fully saturated rings. The van der Waals surface area contributed by atoms with Crippen molar-refractivity contribution in [1.82, 2.24) is 15.1 Å². The molecular formula is C16H16N4OS. The summed E-state index contributed by atoms with van der Waals surface area (Å²) in [5, 5.41) is 7.40. The number of piperidine rings is 1. The van der Waals surface area contributed by atoms with Gasteiger partial charge in [-0.25, -0.2) is 4.98 Å². The van der Waals surface area contributed by atoms with E-state index in [1.165, 1.54) is 11.4 Å². The molecule has 112 valence electrons. The third kappa shape index (κ3) is 2.62. The third-order valence-corrected chi connectivity index (χ3v) is 4.88. The molecule has 0 amide bonds. The summed E-state index contributed by atoms with van der Waals surface area (Å²) in [4.78, 5) is 11.2. The van der Waals surface area contributed by atoms with Gasteiger partial charge < -0.3 is 9.42 Å². The van der Waals surface area contributed by atoms with E-state index < -0.39 is 0 Å². The summed E-state index contributed by atoms with van der Waals surface area (Å²) < 4.78 is 5.41. The van der Waals surface area contributed by atoms with Crippen LogP contribution in [0.3, 0.4) is 0 Å². The Morgan fingerprint density at radius 1 is 1.23 bits per heavy atom. The first-order chi connectivity index (χ1) is 10.9. The number of rotatable bonds is 3. The summed E-state index contributed by atoms with van der Waals surface area (Å²) >= 11 is 1.73. The standard InChI is InChI=1S/C16H16N4OS/c1-2-5-12(6-3-1)14-18-16(19-21-14)20-9-4-7-13(11-20)15-17-8-10-22-15/h1-3,5-6,8,10,13H,4,7,9,11H2. The molecule has 3 heterocycles. The maximum atomic E-state index is 5.41. The summed E-state index contributed by atoms with van der Waals surface area (Å²) in [6.07, 6.45) is 4.17. The summed E-state index contributed by atoms with van der Waals surface area (Å²) in [5.74, 6) is 1.72. The molecule has 1 atom stereocenters. The number of thiazole rings is 1. The molecule has 5 nitrogen and oxygen atoms in total. The highest BCUT2D eigenvalue weighted by Gasteiger charge is 2.26. The topological polar surface area (TPSA) is 55.1 Å². The number of hydrogen-bond donors (Lipinski definition) is 0. The molecular weight excluding hydrogens is 296 g/mol. The number of aromatic nitrogens is 3. The Labute approximate surface area is 132 Å². The zero-order chi connectivity index (χ0) is 14.8.